The highest BCUT2D eigenvalue weighted by atomic mass is 16.5. The quantitative estimate of drug-likeness (QED) is 0.617. The summed E-state index contributed by atoms with van der Waals surface area (Å²) in [4.78, 5) is 17.6. The number of benzene rings is 2. The molecule has 7 nitrogen and oxygen atoms in total. The highest BCUT2D eigenvalue weighted by Gasteiger charge is 2.18. The minimum atomic E-state index is -1.06. The van der Waals surface area contributed by atoms with Crippen LogP contribution >= 0.6 is 0 Å². The molecule has 0 aliphatic carbocycles. The molecule has 1 N–H and O–H groups in total. The summed E-state index contributed by atoms with van der Waals surface area (Å²) >= 11 is 0. The molecule has 7 heteroatoms. The second-order valence-electron chi connectivity index (χ2n) is 5.40. The third-order valence-corrected chi connectivity index (χ3v) is 3.81. The lowest BCUT2D eigenvalue weighted by molar-refractivity contribution is 0.0698. The summed E-state index contributed by atoms with van der Waals surface area (Å²) in [5.41, 5.74) is 2.50. The number of carboxylic acids is 1. The minimum Gasteiger partial charge on any atom is -0.478 e. The number of ether oxygens (including phenoxy) is 1. The molecule has 2 aromatic heterocycles. The van der Waals surface area contributed by atoms with Gasteiger partial charge in [0.25, 0.3) is 0 Å². The van der Waals surface area contributed by atoms with Crippen molar-refractivity contribution in [1.29, 1.82) is 0 Å². The number of para-hydroxylation sites is 1. The van der Waals surface area contributed by atoms with Gasteiger partial charge >= 0.3 is 5.97 Å². The van der Waals surface area contributed by atoms with Gasteiger partial charge in [0, 0.05) is 11.5 Å². The van der Waals surface area contributed by atoms with E-state index in [1.807, 2.05) is 37.3 Å². The molecule has 0 unspecified atom stereocenters. The predicted octanol–water partition coefficient (Wildman–Crippen LogP) is 3.07. The molecule has 25 heavy (non-hydrogen) atoms. The predicted molar refractivity (Wildman–Crippen MR) is 92.3 cm³/mol. The maximum Gasteiger partial charge on any atom is 0.336 e. The van der Waals surface area contributed by atoms with E-state index >= 15 is 0 Å². The first kappa shape index (κ1) is 15.1. The Balaban J connectivity index is 2.02. The Morgan fingerprint density at radius 1 is 1.12 bits per heavy atom. The Hall–Kier alpha value is -3.48. The van der Waals surface area contributed by atoms with Gasteiger partial charge in [-0.1, -0.05) is 18.2 Å². The Morgan fingerprint density at radius 3 is 2.60 bits per heavy atom. The molecule has 0 saturated heterocycles. The Bertz CT molecular complexity index is 1090. The molecule has 2 heterocycles. The maximum absolute atomic E-state index is 11.8. The molecular formula is C18H14N4O3. The number of pyridine rings is 1. The highest BCUT2D eigenvalue weighted by Crippen LogP contribution is 2.28. The molecule has 4 aromatic rings. The van der Waals surface area contributed by atoms with Crippen molar-refractivity contribution < 1.29 is 14.6 Å². The van der Waals surface area contributed by atoms with Crippen molar-refractivity contribution in [2.24, 2.45) is 0 Å². The number of aromatic carboxylic acids is 1. The number of rotatable bonds is 4. The number of hydrogen-bond acceptors (Lipinski definition) is 5. The fourth-order valence-electron chi connectivity index (χ4n) is 2.74. The van der Waals surface area contributed by atoms with E-state index in [0.29, 0.717) is 28.5 Å². The summed E-state index contributed by atoms with van der Waals surface area (Å²) in [5.74, 6) is -0.780. The molecule has 0 saturated carbocycles. The maximum atomic E-state index is 11.8. The zero-order valence-electron chi connectivity index (χ0n) is 13.4. The van der Waals surface area contributed by atoms with Crippen molar-refractivity contribution in [3.05, 3.63) is 54.1 Å². The van der Waals surface area contributed by atoms with E-state index in [0.717, 1.165) is 5.69 Å². The molecule has 0 amide bonds. The Morgan fingerprint density at radius 2 is 1.88 bits per heavy atom. The van der Waals surface area contributed by atoms with Gasteiger partial charge in [0.05, 0.1) is 23.4 Å². The summed E-state index contributed by atoms with van der Waals surface area (Å²) in [5, 5.41) is 19.0. The lowest BCUT2D eigenvalue weighted by Crippen LogP contribution is -2.03. The Labute approximate surface area is 142 Å². The summed E-state index contributed by atoms with van der Waals surface area (Å²) in [6.45, 7) is 2.23. The van der Waals surface area contributed by atoms with Crippen molar-refractivity contribution in [2.45, 2.75) is 6.92 Å². The van der Waals surface area contributed by atoms with Crippen molar-refractivity contribution in [3.8, 4) is 11.6 Å². The van der Waals surface area contributed by atoms with Crippen LogP contribution in [0.15, 0.2) is 48.5 Å². The van der Waals surface area contributed by atoms with Crippen LogP contribution in [0.4, 0.5) is 0 Å². The van der Waals surface area contributed by atoms with E-state index in [2.05, 4.69) is 15.2 Å². The van der Waals surface area contributed by atoms with Gasteiger partial charge in [-0.3, -0.25) is 0 Å². The van der Waals surface area contributed by atoms with Crippen molar-refractivity contribution >= 4 is 27.9 Å². The molecule has 0 atom stereocenters. The number of aromatic nitrogens is 4. The number of nitrogens with zero attached hydrogens (tertiary/aromatic N) is 4. The summed E-state index contributed by atoms with van der Waals surface area (Å²) in [6.07, 6.45) is 0. The van der Waals surface area contributed by atoms with Crippen LogP contribution in [0.1, 0.15) is 17.3 Å². The first-order chi connectivity index (χ1) is 12.2. The van der Waals surface area contributed by atoms with Crippen molar-refractivity contribution in [3.63, 3.8) is 0 Å². The molecule has 0 radical (unpaired) electrons. The van der Waals surface area contributed by atoms with Gasteiger partial charge in [-0.15, -0.1) is 10.2 Å². The first-order valence-electron chi connectivity index (χ1n) is 7.79. The van der Waals surface area contributed by atoms with E-state index < -0.39 is 5.97 Å². The van der Waals surface area contributed by atoms with Gasteiger partial charge in [0.2, 0.25) is 5.88 Å². The molecule has 0 spiro atoms. The minimum absolute atomic E-state index is 0.0964. The summed E-state index contributed by atoms with van der Waals surface area (Å²) in [7, 11) is 0. The SMILES string of the molecule is CCOc1cc(C(=O)O)c2c(ccc3nn(-c4ccccc4)nc32)n1. The van der Waals surface area contributed by atoms with E-state index in [1.165, 1.54) is 10.9 Å². The van der Waals surface area contributed by atoms with E-state index in [1.54, 1.807) is 12.1 Å². The molecule has 0 aliphatic heterocycles. The third-order valence-electron chi connectivity index (χ3n) is 3.81. The number of fused-ring (bicyclic) bond motifs is 3. The second kappa shape index (κ2) is 5.86. The normalized spacial score (nSPS) is 11.1. The first-order valence-corrected chi connectivity index (χ1v) is 7.79. The average Bonchev–Trinajstić information content (AvgIpc) is 3.06. The zero-order valence-corrected chi connectivity index (χ0v) is 13.4. The van der Waals surface area contributed by atoms with Crippen LogP contribution in [-0.4, -0.2) is 37.7 Å². The van der Waals surface area contributed by atoms with Gasteiger partial charge in [0.15, 0.2) is 0 Å². The topological polar surface area (TPSA) is 90.1 Å². The van der Waals surface area contributed by atoms with Crippen LogP contribution < -0.4 is 4.74 Å². The second-order valence-corrected chi connectivity index (χ2v) is 5.40. The van der Waals surface area contributed by atoms with E-state index in [-0.39, 0.29) is 11.4 Å². The molecule has 2 aromatic carbocycles. The van der Waals surface area contributed by atoms with Gasteiger partial charge < -0.3 is 9.84 Å². The summed E-state index contributed by atoms with van der Waals surface area (Å²) in [6, 6.07) is 14.4. The van der Waals surface area contributed by atoms with Crippen LogP contribution in [0.5, 0.6) is 5.88 Å². The number of carbonyl (C=O) groups is 1. The molecule has 124 valence electrons. The van der Waals surface area contributed by atoms with Crippen LogP contribution in [0.3, 0.4) is 0 Å². The lowest BCUT2D eigenvalue weighted by Gasteiger charge is -2.07. The summed E-state index contributed by atoms with van der Waals surface area (Å²) < 4.78 is 5.38. The van der Waals surface area contributed by atoms with Crippen molar-refractivity contribution in [2.75, 3.05) is 6.61 Å². The van der Waals surface area contributed by atoms with Gasteiger partial charge in [0.1, 0.15) is 11.0 Å². The fourth-order valence-corrected chi connectivity index (χ4v) is 2.74. The number of carboxylic acid groups (broad SMARTS) is 1. The number of hydrogen-bond donors (Lipinski definition) is 1. The third kappa shape index (κ3) is 2.55. The lowest BCUT2D eigenvalue weighted by atomic mass is 10.1. The largest absolute Gasteiger partial charge is 0.478 e. The molecule has 0 fully saturated rings. The Kier molecular flexibility index (Phi) is 3.53. The van der Waals surface area contributed by atoms with E-state index in [9.17, 15) is 9.90 Å². The van der Waals surface area contributed by atoms with E-state index in [4.69, 9.17) is 4.74 Å². The average molecular weight is 334 g/mol. The van der Waals surface area contributed by atoms with Gasteiger partial charge in [-0.25, -0.2) is 9.78 Å². The van der Waals surface area contributed by atoms with Crippen LogP contribution in [0, 0.1) is 0 Å². The van der Waals surface area contributed by atoms with Crippen LogP contribution in [0.2, 0.25) is 0 Å². The smallest absolute Gasteiger partial charge is 0.336 e. The van der Waals surface area contributed by atoms with Gasteiger partial charge in [-0.05, 0) is 31.2 Å². The molecule has 0 bridgehead atoms. The standard InChI is InChI=1S/C18H14N4O3/c1-2-25-15-10-12(18(23)24)16-13(19-15)8-9-14-17(16)21-22(20-14)11-6-4-3-5-7-11/h3-10H,2H2,1H3,(H,23,24). The molecule has 0 aliphatic rings. The van der Waals surface area contributed by atoms with Crippen LogP contribution in [-0.2, 0) is 0 Å². The van der Waals surface area contributed by atoms with Gasteiger partial charge in [-0.2, -0.15) is 4.80 Å². The van der Waals surface area contributed by atoms with Crippen molar-refractivity contribution in [1.82, 2.24) is 20.0 Å². The highest BCUT2D eigenvalue weighted by molar-refractivity contribution is 6.13. The van der Waals surface area contributed by atoms with Crippen LogP contribution in [0.25, 0.3) is 27.6 Å². The monoisotopic (exact) mass is 334 g/mol. The molecule has 4 rings (SSSR count). The molecular weight excluding hydrogens is 320 g/mol. The fraction of sp³-hybridized carbons (Fsp3) is 0.111. The zero-order chi connectivity index (χ0) is 17.4.